The van der Waals surface area contributed by atoms with Gasteiger partial charge in [0.2, 0.25) is 5.88 Å². The number of halogens is 5. The minimum absolute atomic E-state index is 0.393. The average molecular weight is 396 g/mol. The molecular weight excluding hydrogens is 390 g/mol. The van der Waals surface area contributed by atoms with Crippen LogP contribution < -0.4 is 4.74 Å². The van der Waals surface area contributed by atoms with Crippen molar-refractivity contribution in [3.05, 3.63) is 20.9 Å². The Balaban J connectivity index is 3.06. The number of hydrogen-bond acceptors (Lipinski definition) is 2. The van der Waals surface area contributed by atoms with Crippen molar-refractivity contribution in [1.82, 2.24) is 4.98 Å². The maximum atomic E-state index is 11.9. The highest BCUT2D eigenvalue weighted by molar-refractivity contribution is 14.1. The summed E-state index contributed by atoms with van der Waals surface area (Å²) in [5, 5.41) is 0.393. The van der Waals surface area contributed by atoms with Crippen molar-refractivity contribution in [2.45, 2.75) is 18.6 Å². The van der Waals surface area contributed by atoms with Gasteiger partial charge in [-0.05, 0) is 35.1 Å². The van der Waals surface area contributed by atoms with Crippen LogP contribution in [0.3, 0.4) is 0 Å². The molecule has 0 saturated carbocycles. The summed E-state index contributed by atoms with van der Waals surface area (Å²) >= 11 is 5.10. The molecule has 1 aromatic heterocycles. The molecule has 0 fully saturated rings. The maximum absolute atomic E-state index is 11.9. The summed E-state index contributed by atoms with van der Waals surface area (Å²) in [6, 6.07) is 1.26. The molecule has 15 heavy (non-hydrogen) atoms. The summed E-state index contributed by atoms with van der Waals surface area (Å²) in [4.78, 5) is 3.74. The van der Waals surface area contributed by atoms with Crippen LogP contribution in [0.15, 0.2) is 6.07 Å². The lowest BCUT2D eigenvalue weighted by molar-refractivity contribution is -0.276. The van der Waals surface area contributed by atoms with Crippen LogP contribution in [0.2, 0.25) is 0 Å². The largest absolute Gasteiger partial charge is 0.574 e. The molecule has 1 heterocycles. The van der Waals surface area contributed by atoms with Gasteiger partial charge in [0.05, 0.1) is 5.69 Å². The van der Waals surface area contributed by atoms with Gasteiger partial charge in [-0.2, -0.15) is 0 Å². The average Bonchev–Trinajstić information content (AvgIpc) is 2.08. The zero-order valence-electron chi connectivity index (χ0n) is 7.53. The summed E-state index contributed by atoms with van der Waals surface area (Å²) in [6.07, 6.45) is -4.70. The molecule has 0 amide bonds. The number of nitrogens with zero attached hydrogens (tertiary/aromatic N) is 1. The summed E-state index contributed by atoms with van der Waals surface area (Å²) in [6.45, 7) is 1.79. The van der Waals surface area contributed by atoms with Crippen LogP contribution in [-0.4, -0.2) is 11.3 Å². The van der Waals surface area contributed by atoms with Gasteiger partial charge in [-0.25, -0.2) is 4.98 Å². The Morgan fingerprint density at radius 2 is 2.13 bits per heavy atom. The van der Waals surface area contributed by atoms with Gasteiger partial charge in [0, 0.05) is 15.0 Å². The maximum Gasteiger partial charge on any atom is 0.574 e. The Bertz CT molecular complexity index is 370. The molecule has 84 valence electrons. The van der Waals surface area contributed by atoms with E-state index in [0.717, 1.165) is 5.56 Å². The van der Waals surface area contributed by atoms with Gasteiger partial charge in [-0.15, -0.1) is 13.2 Å². The number of rotatable bonds is 2. The second kappa shape index (κ2) is 4.86. The van der Waals surface area contributed by atoms with Crippen molar-refractivity contribution >= 4 is 38.5 Å². The third kappa shape index (κ3) is 3.78. The molecule has 0 aliphatic carbocycles. The second-order valence-corrected chi connectivity index (χ2v) is 4.42. The fourth-order valence-corrected chi connectivity index (χ4v) is 2.03. The van der Waals surface area contributed by atoms with Crippen LogP contribution in [0, 0.1) is 10.5 Å². The number of aromatic nitrogens is 1. The van der Waals surface area contributed by atoms with Gasteiger partial charge in [-0.1, -0.05) is 15.9 Å². The first kappa shape index (κ1) is 13.0. The predicted molar refractivity (Wildman–Crippen MR) is 61.0 cm³/mol. The SMILES string of the molecule is Cc1c(I)cc(OC(F)(F)F)nc1CBr. The fraction of sp³-hybridized carbons (Fsp3) is 0.375. The lowest BCUT2D eigenvalue weighted by Crippen LogP contribution is -2.18. The Morgan fingerprint density at radius 1 is 1.53 bits per heavy atom. The molecule has 2 nitrogen and oxygen atoms in total. The monoisotopic (exact) mass is 395 g/mol. The topological polar surface area (TPSA) is 22.1 Å². The minimum atomic E-state index is -4.70. The molecule has 1 rings (SSSR count). The summed E-state index contributed by atoms with van der Waals surface area (Å²) in [5.74, 6) is -0.424. The van der Waals surface area contributed by atoms with Crippen LogP contribution in [0.25, 0.3) is 0 Å². The zero-order chi connectivity index (χ0) is 11.6. The highest BCUT2D eigenvalue weighted by atomic mass is 127. The molecule has 0 spiro atoms. The number of hydrogen-bond donors (Lipinski definition) is 0. The summed E-state index contributed by atoms with van der Waals surface area (Å²) < 4.78 is 40.2. The molecule has 0 saturated heterocycles. The quantitative estimate of drug-likeness (QED) is 0.561. The normalized spacial score (nSPS) is 11.6. The van der Waals surface area contributed by atoms with E-state index in [9.17, 15) is 13.2 Å². The van der Waals surface area contributed by atoms with Gasteiger partial charge in [-0.3, -0.25) is 0 Å². The van der Waals surface area contributed by atoms with Crippen molar-refractivity contribution < 1.29 is 17.9 Å². The molecule has 0 N–H and O–H groups in total. The first-order valence-corrected chi connectivity index (χ1v) is 6.01. The first-order chi connectivity index (χ1) is 6.83. The highest BCUT2D eigenvalue weighted by Crippen LogP contribution is 2.26. The van der Waals surface area contributed by atoms with Crippen LogP contribution in [0.4, 0.5) is 13.2 Å². The van der Waals surface area contributed by atoms with Gasteiger partial charge < -0.3 is 4.74 Å². The minimum Gasteiger partial charge on any atom is -0.388 e. The van der Waals surface area contributed by atoms with Crippen LogP contribution in [0.1, 0.15) is 11.3 Å². The molecule has 7 heteroatoms. The van der Waals surface area contributed by atoms with Crippen molar-refractivity contribution in [3.8, 4) is 5.88 Å². The molecule has 0 aliphatic heterocycles. The van der Waals surface area contributed by atoms with Gasteiger partial charge >= 0.3 is 6.36 Å². The number of alkyl halides is 4. The van der Waals surface area contributed by atoms with Gasteiger partial charge in [0.15, 0.2) is 0 Å². The summed E-state index contributed by atoms with van der Waals surface area (Å²) in [5.41, 5.74) is 1.39. The number of pyridine rings is 1. The van der Waals surface area contributed by atoms with Crippen LogP contribution in [0.5, 0.6) is 5.88 Å². The van der Waals surface area contributed by atoms with Crippen molar-refractivity contribution in [1.29, 1.82) is 0 Å². The molecule has 0 aliphatic rings. The standard InChI is InChI=1S/C8H6BrF3INO/c1-4-5(13)2-7(14-6(4)3-9)15-8(10,11)12/h2H,3H2,1H3. The van der Waals surface area contributed by atoms with E-state index >= 15 is 0 Å². The molecule has 0 bridgehead atoms. The number of ether oxygens (including phenoxy) is 1. The predicted octanol–water partition coefficient (Wildman–Crippen LogP) is 3.79. The van der Waals surface area contributed by atoms with E-state index in [2.05, 4.69) is 25.7 Å². The first-order valence-electron chi connectivity index (χ1n) is 3.81. The van der Waals surface area contributed by atoms with E-state index in [0.29, 0.717) is 14.6 Å². The molecule has 0 aromatic carbocycles. The molecule has 1 aromatic rings. The molecular formula is C8H6BrF3INO. The zero-order valence-corrected chi connectivity index (χ0v) is 11.3. The van der Waals surface area contributed by atoms with Crippen molar-refractivity contribution in [2.24, 2.45) is 0 Å². The van der Waals surface area contributed by atoms with Crippen molar-refractivity contribution in [2.75, 3.05) is 0 Å². The fourth-order valence-electron chi connectivity index (χ4n) is 0.905. The van der Waals surface area contributed by atoms with E-state index in [-0.39, 0.29) is 0 Å². The van der Waals surface area contributed by atoms with E-state index < -0.39 is 12.2 Å². The molecule has 0 radical (unpaired) electrons. The smallest absolute Gasteiger partial charge is 0.388 e. The third-order valence-corrected chi connectivity index (χ3v) is 3.28. The van der Waals surface area contributed by atoms with Crippen molar-refractivity contribution in [3.63, 3.8) is 0 Å². The van der Waals surface area contributed by atoms with E-state index in [4.69, 9.17) is 0 Å². The van der Waals surface area contributed by atoms with E-state index in [1.165, 1.54) is 6.07 Å². The Hall–Kier alpha value is -0.0500. The van der Waals surface area contributed by atoms with Crippen LogP contribution in [-0.2, 0) is 5.33 Å². The third-order valence-electron chi connectivity index (χ3n) is 1.63. The second-order valence-electron chi connectivity index (χ2n) is 2.70. The Labute approximate surface area is 106 Å². The lowest BCUT2D eigenvalue weighted by atomic mass is 10.2. The van der Waals surface area contributed by atoms with Gasteiger partial charge in [0.25, 0.3) is 0 Å². The summed E-state index contributed by atoms with van der Waals surface area (Å²) in [7, 11) is 0. The lowest BCUT2D eigenvalue weighted by Gasteiger charge is -2.11. The molecule has 0 unspecified atom stereocenters. The Morgan fingerprint density at radius 3 is 2.60 bits per heavy atom. The van der Waals surface area contributed by atoms with E-state index in [1.807, 2.05) is 22.6 Å². The molecule has 0 atom stereocenters. The van der Waals surface area contributed by atoms with Gasteiger partial charge in [0.1, 0.15) is 0 Å². The van der Waals surface area contributed by atoms with E-state index in [1.54, 1.807) is 6.92 Å². The highest BCUT2D eigenvalue weighted by Gasteiger charge is 2.32. The van der Waals surface area contributed by atoms with Crippen LogP contribution >= 0.6 is 38.5 Å². The Kier molecular flexibility index (Phi) is 4.21.